The summed E-state index contributed by atoms with van der Waals surface area (Å²) in [7, 11) is 1.65. The third-order valence-electron chi connectivity index (χ3n) is 3.29. The summed E-state index contributed by atoms with van der Waals surface area (Å²) in [6.45, 7) is 3.77. The highest BCUT2D eigenvalue weighted by molar-refractivity contribution is 14.0. The second-order valence-electron chi connectivity index (χ2n) is 4.99. The Labute approximate surface area is 159 Å². The summed E-state index contributed by atoms with van der Waals surface area (Å²) in [6.07, 6.45) is 0. The maximum Gasteiger partial charge on any atom is 0.191 e. The van der Waals surface area contributed by atoms with Crippen molar-refractivity contribution in [2.75, 3.05) is 13.7 Å². The Morgan fingerprint density at radius 1 is 1.12 bits per heavy atom. The highest BCUT2D eigenvalue weighted by Crippen LogP contribution is 2.16. The van der Waals surface area contributed by atoms with Crippen molar-refractivity contribution in [2.45, 2.75) is 20.0 Å². The van der Waals surface area contributed by atoms with Crippen LogP contribution in [-0.4, -0.2) is 19.6 Å². The average Bonchev–Trinajstić information content (AvgIpc) is 2.57. The molecule has 0 aromatic heterocycles. The fraction of sp³-hybridized carbons (Fsp3) is 0.278. The minimum Gasteiger partial charge on any atom is -0.496 e. The number of ether oxygens (including phenoxy) is 1. The molecule has 0 aliphatic heterocycles. The molecule has 2 rings (SSSR count). The number of nitrogens with zero attached hydrogens (tertiary/aromatic N) is 1. The summed E-state index contributed by atoms with van der Waals surface area (Å²) in [5.74, 6) is 1.27. The lowest BCUT2D eigenvalue weighted by Gasteiger charge is -2.13. The van der Waals surface area contributed by atoms with Crippen LogP contribution in [0.3, 0.4) is 0 Å². The summed E-state index contributed by atoms with van der Waals surface area (Å²) in [5.41, 5.74) is 1.88. The van der Waals surface area contributed by atoms with E-state index in [9.17, 15) is 4.39 Å². The average molecular weight is 443 g/mol. The van der Waals surface area contributed by atoms with E-state index < -0.39 is 0 Å². The molecule has 0 saturated heterocycles. The zero-order valence-electron chi connectivity index (χ0n) is 13.9. The standard InChI is InChI=1S/C18H22FN3O.HI/c1-3-20-18(21-12-14-7-6-9-16(19)11-14)22-13-15-8-4-5-10-17(15)23-2;/h4-11H,3,12-13H2,1-2H3,(H2,20,21,22);1H. The van der Waals surface area contributed by atoms with E-state index in [0.717, 1.165) is 23.4 Å². The Morgan fingerprint density at radius 2 is 1.92 bits per heavy atom. The zero-order chi connectivity index (χ0) is 16.5. The lowest BCUT2D eigenvalue weighted by Crippen LogP contribution is -2.36. The Hall–Kier alpha value is -1.83. The SMILES string of the molecule is CCNC(=NCc1cccc(F)c1)NCc1ccccc1OC.I. The van der Waals surface area contributed by atoms with Gasteiger partial charge >= 0.3 is 0 Å². The minimum atomic E-state index is -0.246. The van der Waals surface area contributed by atoms with E-state index in [1.165, 1.54) is 12.1 Å². The summed E-state index contributed by atoms with van der Waals surface area (Å²) in [4.78, 5) is 4.48. The third kappa shape index (κ3) is 6.35. The first-order valence-corrected chi connectivity index (χ1v) is 7.61. The van der Waals surface area contributed by atoms with Gasteiger partial charge in [0, 0.05) is 18.7 Å². The van der Waals surface area contributed by atoms with Crippen molar-refractivity contribution < 1.29 is 9.13 Å². The molecular weight excluding hydrogens is 420 g/mol. The quantitative estimate of drug-likeness (QED) is 0.407. The van der Waals surface area contributed by atoms with E-state index in [2.05, 4.69) is 15.6 Å². The highest BCUT2D eigenvalue weighted by Gasteiger charge is 2.03. The number of hydrogen-bond acceptors (Lipinski definition) is 2. The zero-order valence-corrected chi connectivity index (χ0v) is 16.2. The van der Waals surface area contributed by atoms with Crippen molar-refractivity contribution in [2.24, 2.45) is 4.99 Å². The number of rotatable bonds is 6. The normalized spacial score (nSPS) is 10.7. The molecule has 4 nitrogen and oxygen atoms in total. The van der Waals surface area contributed by atoms with Gasteiger partial charge in [0.1, 0.15) is 11.6 Å². The first kappa shape index (κ1) is 20.2. The number of para-hydroxylation sites is 1. The number of benzene rings is 2. The van der Waals surface area contributed by atoms with Gasteiger partial charge in [0.25, 0.3) is 0 Å². The van der Waals surface area contributed by atoms with Crippen molar-refractivity contribution in [1.82, 2.24) is 10.6 Å². The Bertz CT molecular complexity index is 664. The van der Waals surface area contributed by atoms with Gasteiger partial charge in [-0.05, 0) is 30.7 Å². The number of hydrogen-bond donors (Lipinski definition) is 2. The smallest absolute Gasteiger partial charge is 0.191 e. The van der Waals surface area contributed by atoms with Crippen LogP contribution in [0, 0.1) is 5.82 Å². The molecule has 0 bridgehead atoms. The van der Waals surface area contributed by atoms with E-state index in [1.54, 1.807) is 13.2 Å². The monoisotopic (exact) mass is 443 g/mol. The van der Waals surface area contributed by atoms with E-state index in [-0.39, 0.29) is 29.8 Å². The molecule has 24 heavy (non-hydrogen) atoms. The molecule has 0 unspecified atom stereocenters. The van der Waals surface area contributed by atoms with Gasteiger partial charge in [-0.25, -0.2) is 9.38 Å². The molecule has 0 atom stereocenters. The number of guanidine groups is 1. The second kappa shape index (κ2) is 10.9. The van der Waals surface area contributed by atoms with Crippen molar-refractivity contribution in [3.63, 3.8) is 0 Å². The van der Waals surface area contributed by atoms with Crippen LogP contribution in [0.2, 0.25) is 0 Å². The second-order valence-corrected chi connectivity index (χ2v) is 4.99. The predicted octanol–water partition coefficient (Wildman–Crippen LogP) is 3.71. The fourth-order valence-corrected chi connectivity index (χ4v) is 2.18. The van der Waals surface area contributed by atoms with Crippen LogP contribution in [-0.2, 0) is 13.1 Å². The number of aliphatic imine (C=N–C) groups is 1. The molecule has 0 fully saturated rings. The molecule has 0 amide bonds. The minimum absolute atomic E-state index is 0. The molecule has 0 aliphatic rings. The molecule has 0 aliphatic carbocycles. The Morgan fingerprint density at radius 3 is 2.62 bits per heavy atom. The summed E-state index contributed by atoms with van der Waals surface area (Å²) >= 11 is 0. The van der Waals surface area contributed by atoms with E-state index >= 15 is 0 Å². The Kier molecular flexibility index (Phi) is 9.14. The molecular formula is C18H23FIN3O. The molecule has 2 aromatic carbocycles. The molecule has 0 radical (unpaired) electrons. The topological polar surface area (TPSA) is 45.7 Å². The third-order valence-corrected chi connectivity index (χ3v) is 3.29. The largest absolute Gasteiger partial charge is 0.496 e. The van der Waals surface area contributed by atoms with Gasteiger partial charge in [-0.2, -0.15) is 0 Å². The van der Waals surface area contributed by atoms with E-state index in [0.29, 0.717) is 19.0 Å². The van der Waals surface area contributed by atoms with E-state index in [4.69, 9.17) is 4.74 Å². The van der Waals surface area contributed by atoms with Crippen molar-refractivity contribution in [3.05, 3.63) is 65.5 Å². The van der Waals surface area contributed by atoms with E-state index in [1.807, 2.05) is 37.3 Å². The lowest BCUT2D eigenvalue weighted by atomic mass is 10.2. The van der Waals surface area contributed by atoms with Gasteiger partial charge in [-0.15, -0.1) is 24.0 Å². The van der Waals surface area contributed by atoms with Crippen molar-refractivity contribution >= 4 is 29.9 Å². The van der Waals surface area contributed by atoms with Gasteiger partial charge in [0.2, 0.25) is 0 Å². The predicted molar refractivity (Wildman–Crippen MR) is 106 cm³/mol. The fourth-order valence-electron chi connectivity index (χ4n) is 2.18. The van der Waals surface area contributed by atoms with Crippen LogP contribution in [0.1, 0.15) is 18.1 Å². The molecule has 0 saturated carbocycles. The van der Waals surface area contributed by atoms with Gasteiger partial charge < -0.3 is 15.4 Å². The maximum atomic E-state index is 13.2. The molecule has 0 spiro atoms. The van der Waals surface area contributed by atoms with Crippen LogP contribution < -0.4 is 15.4 Å². The lowest BCUT2D eigenvalue weighted by molar-refractivity contribution is 0.409. The van der Waals surface area contributed by atoms with Gasteiger partial charge in [-0.3, -0.25) is 0 Å². The first-order valence-electron chi connectivity index (χ1n) is 7.61. The van der Waals surface area contributed by atoms with Crippen LogP contribution >= 0.6 is 24.0 Å². The van der Waals surface area contributed by atoms with Gasteiger partial charge in [0.15, 0.2) is 5.96 Å². The molecule has 2 N–H and O–H groups in total. The molecule has 0 heterocycles. The van der Waals surface area contributed by atoms with Crippen LogP contribution in [0.15, 0.2) is 53.5 Å². The van der Waals surface area contributed by atoms with Crippen molar-refractivity contribution in [3.8, 4) is 5.75 Å². The summed E-state index contributed by atoms with van der Waals surface area (Å²) in [5, 5.41) is 6.44. The molecule has 6 heteroatoms. The molecule has 130 valence electrons. The Balaban J connectivity index is 0.00000288. The van der Waals surface area contributed by atoms with Gasteiger partial charge in [-0.1, -0.05) is 30.3 Å². The highest BCUT2D eigenvalue weighted by atomic mass is 127. The number of halogens is 2. The first-order chi connectivity index (χ1) is 11.2. The van der Waals surface area contributed by atoms with Gasteiger partial charge in [0.05, 0.1) is 13.7 Å². The van der Waals surface area contributed by atoms with Crippen LogP contribution in [0.25, 0.3) is 0 Å². The number of nitrogens with one attached hydrogen (secondary N) is 2. The summed E-state index contributed by atoms with van der Waals surface area (Å²) in [6, 6.07) is 14.3. The summed E-state index contributed by atoms with van der Waals surface area (Å²) < 4.78 is 18.5. The number of methoxy groups -OCH3 is 1. The van der Waals surface area contributed by atoms with Crippen molar-refractivity contribution in [1.29, 1.82) is 0 Å². The van der Waals surface area contributed by atoms with Crippen LogP contribution in [0.4, 0.5) is 4.39 Å². The van der Waals surface area contributed by atoms with Crippen LogP contribution in [0.5, 0.6) is 5.75 Å². The molecule has 2 aromatic rings. The maximum absolute atomic E-state index is 13.2.